The minimum atomic E-state index is -0.526. The smallest absolute Gasteiger partial charge is 0.360 e. The molecular weight excluding hydrogens is 216 g/mol. The van der Waals surface area contributed by atoms with Crippen LogP contribution in [0.25, 0.3) is 16.3 Å². The second kappa shape index (κ2) is 3.20. The van der Waals surface area contributed by atoms with Crippen molar-refractivity contribution in [1.29, 1.82) is 0 Å². The van der Waals surface area contributed by atoms with E-state index >= 15 is 0 Å². The topological polar surface area (TPSA) is 70.5 Å². The van der Waals surface area contributed by atoms with Crippen LogP contribution in [0.3, 0.4) is 0 Å². The third-order valence-electron chi connectivity index (χ3n) is 2.92. The molecule has 4 heteroatoms. The third kappa shape index (κ3) is 1.13. The zero-order valence-electron chi connectivity index (χ0n) is 8.68. The van der Waals surface area contributed by atoms with Crippen molar-refractivity contribution < 1.29 is 14.4 Å². The van der Waals surface area contributed by atoms with Crippen LogP contribution in [-0.4, -0.2) is 22.1 Å². The van der Waals surface area contributed by atoms with Crippen LogP contribution in [0, 0.1) is 0 Å². The SMILES string of the molecule is [N-]=[N+]=C1C(=O)c2cccc3cccc(c23)C1=O. The second-order valence-electron chi connectivity index (χ2n) is 3.82. The number of hydrogen-bond donors (Lipinski definition) is 0. The summed E-state index contributed by atoms with van der Waals surface area (Å²) in [7, 11) is 0. The highest BCUT2D eigenvalue weighted by Gasteiger charge is 2.38. The van der Waals surface area contributed by atoms with Crippen molar-refractivity contribution in [3.63, 3.8) is 0 Å². The molecule has 0 fully saturated rings. The van der Waals surface area contributed by atoms with Gasteiger partial charge in [-0.2, -0.15) is 4.79 Å². The summed E-state index contributed by atoms with van der Waals surface area (Å²) in [5.74, 6) is -1.05. The molecule has 4 nitrogen and oxygen atoms in total. The van der Waals surface area contributed by atoms with Crippen molar-refractivity contribution in [2.75, 3.05) is 0 Å². The lowest BCUT2D eigenvalue weighted by Crippen LogP contribution is -2.30. The lowest BCUT2D eigenvalue weighted by Gasteiger charge is -2.11. The van der Waals surface area contributed by atoms with Crippen LogP contribution in [0.1, 0.15) is 20.7 Å². The molecule has 0 radical (unpaired) electrons. The molecule has 0 spiro atoms. The Balaban J connectivity index is 2.57. The van der Waals surface area contributed by atoms with Crippen LogP contribution < -0.4 is 0 Å². The number of benzene rings is 2. The van der Waals surface area contributed by atoms with Gasteiger partial charge in [0, 0.05) is 16.5 Å². The molecule has 0 amide bonds. The molecule has 0 N–H and O–H groups in total. The van der Waals surface area contributed by atoms with Gasteiger partial charge in [-0.25, -0.2) is 0 Å². The summed E-state index contributed by atoms with van der Waals surface area (Å²) in [5.41, 5.74) is 9.15. The van der Waals surface area contributed by atoms with Crippen LogP contribution in [0.15, 0.2) is 36.4 Å². The van der Waals surface area contributed by atoms with Gasteiger partial charge in [0.2, 0.25) is 0 Å². The Morgan fingerprint density at radius 1 is 0.882 bits per heavy atom. The molecule has 0 unspecified atom stereocenters. The minimum absolute atomic E-state index is 0.408. The molecule has 17 heavy (non-hydrogen) atoms. The van der Waals surface area contributed by atoms with Crippen LogP contribution in [0.2, 0.25) is 0 Å². The zero-order valence-corrected chi connectivity index (χ0v) is 8.68. The summed E-state index contributed by atoms with van der Waals surface area (Å²) in [6.07, 6.45) is 0. The number of hydrogen-bond acceptors (Lipinski definition) is 2. The lowest BCUT2D eigenvalue weighted by molar-refractivity contribution is -0.00708. The van der Waals surface area contributed by atoms with Gasteiger partial charge in [-0.15, -0.1) is 0 Å². The molecule has 0 atom stereocenters. The van der Waals surface area contributed by atoms with Gasteiger partial charge in [0.05, 0.1) is 0 Å². The van der Waals surface area contributed by atoms with E-state index in [-0.39, 0.29) is 0 Å². The number of rotatable bonds is 0. The number of ketones is 2. The van der Waals surface area contributed by atoms with Crippen molar-refractivity contribution in [3.8, 4) is 0 Å². The highest BCUT2D eigenvalue weighted by Crippen LogP contribution is 2.28. The Morgan fingerprint density at radius 2 is 1.41 bits per heavy atom. The molecule has 0 aliphatic heterocycles. The molecule has 1 aliphatic rings. The summed E-state index contributed by atoms with van der Waals surface area (Å²) in [5, 5.41) is 1.47. The van der Waals surface area contributed by atoms with E-state index in [0.717, 1.165) is 5.39 Å². The first-order valence-corrected chi connectivity index (χ1v) is 5.07. The molecule has 0 saturated carbocycles. The normalized spacial score (nSPS) is 14.0. The van der Waals surface area contributed by atoms with Crippen molar-refractivity contribution in [2.24, 2.45) is 0 Å². The lowest BCUT2D eigenvalue weighted by atomic mass is 9.86. The monoisotopic (exact) mass is 222 g/mol. The van der Waals surface area contributed by atoms with E-state index in [1.807, 2.05) is 12.1 Å². The fourth-order valence-corrected chi connectivity index (χ4v) is 2.17. The van der Waals surface area contributed by atoms with Gasteiger partial charge >= 0.3 is 5.71 Å². The number of nitrogens with zero attached hydrogens (tertiary/aromatic N) is 2. The van der Waals surface area contributed by atoms with E-state index in [9.17, 15) is 9.59 Å². The largest absolute Gasteiger partial charge is 0.410 e. The molecule has 2 aromatic carbocycles. The van der Waals surface area contributed by atoms with Gasteiger partial charge in [0.1, 0.15) is 0 Å². The molecule has 3 rings (SSSR count). The molecule has 0 heterocycles. The Hall–Kier alpha value is -2.58. The Morgan fingerprint density at radius 3 is 1.88 bits per heavy atom. The zero-order chi connectivity index (χ0) is 12.0. The van der Waals surface area contributed by atoms with E-state index < -0.39 is 17.3 Å². The predicted molar refractivity (Wildman–Crippen MR) is 61.2 cm³/mol. The van der Waals surface area contributed by atoms with E-state index in [1.54, 1.807) is 24.3 Å². The highest BCUT2D eigenvalue weighted by molar-refractivity contribution is 6.73. The fraction of sp³-hybridized carbons (Fsp3) is 0. The van der Waals surface area contributed by atoms with Gasteiger partial charge in [-0.3, -0.25) is 9.59 Å². The molecule has 2 aromatic rings. The fourth-order valence-electron chi connectivity index (χ4n) is 2.17. The van der Waals surface area contributed by atoms with E-state index in [2.05, 4.69) is 4.79 Å². The minimum Gasteiger partial charge on any atom is -0.360 e. The maximum Gasteiger partial charge on any atom is 0.410 e. The van der Waals surface area contributed by atoms with Gasteiger partial charge in [-0.05, 0) is 5.39 Å². The van der Waals surface area contributed by atoms with Crippen LogP contribution >= 0.6 is 0 Å². The average molecular weight is 222 g/mol. The van der Waals surface area contributed by atoms with Gasteiger partial charge < -0.3 is 5.53 Å². The maximum absolute atomic E-state index is 11.9. The summed E-state index contributed by atoms with van der Waals surface area (Å²) in [6.45, 7) is 0. The van der Waals surface area contributed by atoms with Gasteiger partial charge in [0.25, 0.3) is 11.6 Å². The summed E-state index contributed by atoms with van der Waals surface area (Å²) < 4.78 is 0. The maximum atomic E-state index is 11.9. The Labute approximate surface area is 96.1 Å². The molecular formula is C13H6N2O2. The molecule has 80 valence electrons. The summed E-state index contributed by atoms with van der Waals surface area (Å²) in [6, 6.07) is 10.4. The number of Topliss-reactive ketones (excluding diaryl/α,β-unsaturated/α-hetero) is 2. The van der Waals surface area contributed by atoms with Crippen molar-refractivity contribution in [1.82, 2.24) is 0 Å². The molecule has 0 aromatic heterocycles. The first-order chi connectivity index (χ1) is 8.24. The quantitative estimate of drug-likeness (QED) is 0.504. The molecule has 0 bridgehead atoms. The Kier molecular flexibility index (Phi) is 1.82. The third-order valence-corrected chi connectivity index (χ3v) is 2.92. The Bertz CT molecular complexity index is 687. The standard InChI is InChI=1S/C13H6N2O2/c14-15-11-12(16)8-5-1-3-7-4-2-6-9(10(7)8)13(11)17/h1-6H. The first kappa shape index (κ1) is 9.63. The van der Waals surface area contributed by atoms with E-state index in [0.29, 0.717) is 16.5 Å². The van der Waals surface area contributed by atoms with Crippen molar-refractivity contribution in [2.45, 2.75) is 0 Å². The van der Waals surface area contributed by atoms with E-state index in [4.69, 9.17) is 5.53 Å². The highest BCUT2D eigenvalue weighted by atomic mass is 16.2. The van der Waals surface area contributed by atoms with Crippen LogP contribution in [0.5, 0.6) is 0 Å². The molecule has 0 saturated heterocycles. The van der Waals surface area contributed by atoms with Crippen LogP contribution in [-0.2, 0) is 0 Å². The van der Waals surface area contributed by atoms with E-state index in [1.165, 1.54) is 0 Å². The van der Waals surface area contributed by atoms with Gasteiger partial charge in [-0.1, -0.05) is 36.4 Å². The average Bonchev–Trinajstić information content (AvgIpc) is 2.36. The summed E-state index contributed by atoms with van der Waals surface area (Å²) >= 11 is 0. The van der Waals surface area contributed by atoms with Crippen molar-refractivity contribution >= 4 is 28.1 Å². The summed E-state index contributed by atoms with van der Waals surface area (Å²) in [4.78, 5) is 26.7. The number of carbonyl (C=O) groups excluding carboxylic acids is 2. The van der Waals surface area contributed by atoms with Crippen LogP contribution in [0.4, 0.5) is 0 Å². The van der Waals surface area contributed by atoms with Crippen molar-refractivity contribution in [3.05, 3.63) is 53.1 Å². The van der Waals surface area contributed by atoms with Gasteiger partial charge in [0.15, 0.2) is 0 Å². The first-order valence-electron chi connectivity index (χ1n) is 5.07. The number of carbonyl (C=O) groups is 2. The molecule has 1 aliphatic carbocycles. The predicted octanol–water partition coefficient (Wildman–Crippen LogP) is 1.89. The second-order valence-corrected chi connectivity index (χ2v) is 3.82.